The number of hydrazine groups is 1. The molecule has 0 atom stereocenters. The standard InChI is InChI=1S/C16H22N4O/c1-11(2)8-9-20(3)16(21)15-10-14(19-17)12-6-4-5-7-13(12)18-15/h4-7,10-11H,8-9,17H2,1-3H3,(H,18,19). The highest BCUT2D eigenvalue weighted by atomic mass is 16.2. The van der Waals surface area contributed by atoms with Gasteiger partial charge in [0.05, 0.1) is 11.2 Å². The molecule has 0 unspecified atom stereocenters. The van der Waals surface area contributed by atoms with Crippen LogP contribution in [0.3, 0.4) is 0 Å². The second-order valence-corrected chi connectivity index (χ2v) is 5.63. The van der Waals surface area contributed by atoms with Crippen LogP contribution in [0.1, 0.15) is 30.8 Å². The molecule has 0 bridgehead atoms. The lowest BCUT2D eigenvalue weighted by atomic mass is 10.1. The smallest absolute Gasteiger partial charge is 0.272 e. The number of amides is 1. The number of para-hydroxylation sites is 1. The molecule has 2 rings (SSSR count). The minimum atomic E-state index is -0.0853. The van der Waals surface area contributed by atoms with Gasteiger partial charge in [-0.1, -0.05) is 32.0 Å². The molecular weight excluding hydrogens is 264 g/mol. The zero-order chi connectivity index (χ0) is 15.4. The first-order valence-electron chi connectivity index (χ1n) is 7.14. The molecule has 2 aromatic rings. The van der Waals surface area contributed by atoms with Crippen molar-refractivity contribution in [2.24, 2.45) is 11.8 Å². The van der Waals surface area contributed by atoms with Gasteiger partial charge in [0, 0.05) is 19.0 Å². The molecule has 0 aliphatic rings. The van der Waals surface area contributed by atoms with Crippen molar-refractivity contribution >= 4 is 22.5 Å². The number of anilines is 1. The molecule has 21 heavy (non-hydrogen) atoms. The van der Waals surface area contributed by atoms with Crippen LogP contribution >= 0.6 is 0 Å². The second-order valence-electron chi connectivity index (χ2n) is 5.63. The fraction of sp³-hybridized carbons (Fsp3) is 0.375. The van der Waals surface area contributed by atoms with Gasteiger partial charge in [0.25, 0.3) is 5.91 Å². The van der Waals surface area contributed by atoms with Crippen LogP contribution in [0.2, 0.25) is 0 Å². The highest BCUT2D eigenvalue weighted by molar-refractivity contribution is 5.99. The number of rotatable bonds is 5. The van der Waals surface area contributed by atoms with E-state index >= 15 is 0 Å². The molecule has 1 aromatic heterocycles. The van der Waals surface area contributed by atoms with E-state index in [1.165, 1.54) is 0 Å². The van der Waals surface area contributed by atoms with Gasteiger partial charge in [0.15, 0.2) is 0 Å². The predicted molar refractivity (Wildman–Crippen MR) is 86.0 cm³/mol. The number of hydrogen-bond acceptors (Lipinski definition) is 4. The van der Waals surface area contributed by atoms with Crippen LogP contribution in [0.5, 0.6) is 0 Å². The molecule has 1 aromatic carbocycles. The first kappa shape index (κ1) is 15.3. The number of nitrogens with zero attached hydrogens (tertiary/aromatic N) is 2. The fourth-order valence-corrected chi connectivity index (χ4v) is 2.15. The predicted octanol–water partition coefficient (Wildman–Crippen LogP) is 2.64. The number of nitrogens with one attached hydrogen (secondary N) is 1. The van der Waals surface area contributed by atoms with Gasteiger partial charge in [0.1, 0.15) is 5.69 Å². The lowest BCUT2D eigenvalue weighted by Crippen LogP contribution is -2.29. The highest BCUT2D eigenvalue weighted by Gasteiger charge is 2.15. The van der Waals surface area contributed by atoms with E-state index in [0.29, 0.717) is 17.3 Å². The van der Waals surface area contributed by atoms with Crippen LogP contribution in [-0.4, -0.2) is 29.4 Å². The van der Waals surface area contributed by atoms with E-state index in [4.69, 9.17) is 5.84 Å². The number of aromatic nitrogens is 1. The average molecular weight is 286 g/mol. The molecule has 1 amide bonds. The largest absolute Gasteiger partial charge is 0.340 e. The first-order valence-corrected chi connectivity index (χ1v) is 7.14. The third kappa shape index (κ3) is 3.49. The molecule has 3 N–H and O–H groups in total. The molecule has 5 heteroatoms. The molecule has 0 saturated heterocycles. The molecule has 0 spiro atoms. The van der Waals surface area contributed by atoms with Crippen molar-refractivity contribution < 1.29 is 4.79 Å². The summed E-state index contributed by atoms with van der Waals surface area (Å²) in [6.45, 7) is 5.00. The van der Waals surface area contributed by atoms with Crippen molar-refractivity contribution in [2.45, 2.75) is 20.3 Å². The van der Waals surface area contributed by atoms with Gasteiger partial charge in [-0.25, -0.2) is 4.98 Å². The summed E-state index contributed by atoms with van der Waals surface area (Å²) < 4.78 is 0. The van der Waals surface area contributed by atoms with Gasteiger partial charge in [0.2, 0.25) is 0 Å². The lowest BCUT2D eigenvalue weighted by molar-refractivity contribution is 0.0784. The molecule has 112 valence electrons. The number of nitrogen functional groups attached to an aromatic ring is 1. The van der Waals surface area contributed by atoms with E-state index in [-0.39, 0.29) is 5.91 Å². The number of carbonyl (C=O) groups excluding carboxylic acids is 1. The van der Waals surface area contributed by atoms with Crippen LogP contribution in [0, 0.1) is 5.92 Å². The molecule has 0 aliphatic carbocycles. The van der Waals surface area contributed by atoms with Crippen molar-refractivity contribution in [3.05, 3.63) is 36.0 Å². The van der Waals surface area contributed by atoms with E-state index < -0.39 is 0 Å². The number of nitrogens with two attached hydrogens (primary N) is 1. The Bertz CT molecular complexity index is 639. The van der Waals surface area contributed by atoms with Crippen molar-refractivity contribution in [1.29, 1.82) is 0 Å². The highest BCUT2D eigenvalue weighted by Crippen LogP contribution is 2.22. The van der Waals surface area contributed by atoms with Gasteiger partial charge in [-0.2, -0.15) is 0 Å². The number of pyridine rings is 1. The van der Waals surface area contributed by atoms with E-state index in [1.54, 1.807) is 18.0 Å². The van der Waals surface area contributed by atoms with Gasteiger partial charge in [-0.05, 0) is 24.5 Å². The van der Waals surface area contributed by atoms with Crippen molar-refractivity contribution in [2.75, 3.05) is 19.0 Å². The number of fused-ring (bicyclic) bond motifs is 1. The van der Waals surface area contributed by atoms with Crippen LogP contribution in [-0.2, 0) is 0 Å². The summed E-state index contributed by atoms with van der Waals surface area (Å²) in [5, 5.41) is 0.904. The summed E-state index contributed by atoms with van der Waals surface area (Å²) >= 11 is 0. The minimum Gasteiger partial charge on any atom is -0.340 e. The SMILES string of the molecule is CC(C)CCN(C)C(=O)c1cc(NN)c2ccccc2n1. The quantitative estimate of drug-likeness (QED) is 0.655. The van der Waals surface area contributed by atoms with Crippen LogP contribution in [0.4, 0.5) is 5.69 Å². The van der Waals surface area contributed by atoms with Gasteiger partial charge >= 0.3 is 0 Å². The Balaban J connectivity index is 2.31. The average Bonchev–Trinajstić information content (AvgIpc) is 2.50. The molecule has 5 nitrogen and oxygen atoms in total. The Labute approximate surface area is 125 Å². The van der Waals surface area contributed by atoms with E-state index in [9.17, 15) is 4.79 Å². The van der Waals surface area contributed by atoms with Crippen molar-refractivity contribution in [1.82, 2.24) is 9.88 Å². The maximum Gasteiger partial charge on any atom is 0.272 e. The Morgan fingerprint density at radius 2 is 2.10 bits per heavy atom. The summed E-state index contributed by atoms with van der Waals surface area (Å²) in [7, 11) is 1.80. The summed E-state index contributed by atoms with van der Waals surface area (Å²) in [5.74, 6) is 6.03. The first-order chi connectivity index (χ1) is 10.0. The second kappa shape index (κ2) is 6.54. The maximum atomic E-state index is 12.5. The van der Waals surface area contributed by atoms with Gasteiger partial charge in [-0.3, -0.25) is 10.6 Å². The fourth-order valence-electron chi connectivity index (χ4n) is 2.15. The Morgan fingerprint density at radius 1 is 1.38 bits per heavy atom. The van der Waals surface area contributed by atoms with Crippen LogP contribution in [0.15, 0.2) is 30.3 Å². The molecule has 0 fully saturated rings. The lowest BCUT2D eigenvalue weighted by Gasteiger charge is -2.18. The van der Waals surface area contributed by atoms with Crippen molar-refractivity contribution in [3.63, 3.8) is 0 Å². The Hall–Kier alpha value is -2.14. The van der Waals surface area contributed by atoms with Gasteiger partial charge in [-0.15, -0.1) is 0 Å². The number of carbonyl (C=O) groups is 1. The molecule has 0 aliphatic heterocycles. The summed E-state index contributed by atoms with van der Waals surface area (Å²) in [4.78, 5) is 18.6. The molecule has 0 radical (unpaired) electrons. The zero-order valence-electron chi connectivity index (χ0n) is 12.8. The third-order valence-electron chi connectivity index (χ3n) is 3.48. The van der Waals surface area contributed by atoms with Crippen LogP contribution < -0.4 is 11.3 Å². The summed E-state index contributed by atoms with van der Waals surface area (Å²) in [5.41, 5.74) is 4.52. The minimum absolute atomic E-state index is 0.0853. The molecule has 1 heterocycles. The zero-order valence-corrected chi connectivity index (χ0v) is 12.8. The summed E-state index contributed by atoms with van der Waals surface area (Å²) in [6.07, 6.45) is 0.970. The molecular formula is C16H22N4O. The normalized spacial score (nSPS) is 10.9. The van der Waals surface area contributed by atoms with Crippen molar-refractivity contribution in [3.8, 4) is 0 Å². The Morgan fingerprint density at radius 3 is 2.76 bits per heavy atom. The third-order valence-corrected chi connectivity index (χ3v) is 3.48. The molecule has 0 saturated carbocycles. The van der Waals surface area contributed by atoms with E-state index in [0.717, 1.165) is 23.9 Å². The van der Waals surface area contributed by atoms with E-state index in [1.807, 2.05) is 24.3 Å². The number of benzene rings is 1. The topological polar surface area (TPSA) is 71.2 Å². The Kier molecular flexibility index (Phi) is 4.75. The van der Waals surface area contributed by atoms with Crippen LogP contribution in [0.25, 0.3) is 10.9 Å². The maximum absolute atomic E-state index is 12.5. The monoisotopic (exact) mass is 286 g/mol. The number of hydrogen-bond donors (Lipinski definition) is 2. The van der Waals surface area contributed by atoms with E-state index in [2.05, 4.69) is 24.3 Å². The van der Waals surface area contributed by atoms with Gasteiger partial charge < -0.3 is 10.3 Å². The summed E-state index contributed by atoms with van der Waals surface area (Å²) in [6, 6.07) is 9.32.